The van der Waals surface area contributed by atoms with Gasteiger partial charge in [0.1, 0.15) is 23.2 Å². The van der Waals surface area contributed by atoms with Crippen molar-refractivity contribution in [3.8, 4) is 5.75 Å². The van der Waals surface area contributed by atoms with Crippen LogP contribution in [0.5, 0.6) is 5.75 Å². The minimum atomic E-state index is -0.467. The van der Waals surface area contributed by atoms with E-state index in [0.29, 0.717) is 17.3 Å². The zero-order valence-corrected chi connectivity index (χ0v) is 20.3. The van der Waals surface area contributed by atoms with Crippen molar-refractivity contribution in [2.75, 3.05) is 12.3 Å². The Bertz CT molecular complexity index is 1420. The largest absolute Gasteiger partial charge is 0.489 e. The summed E-state index contributed by atoms with van der Waals surface area (Å²) >= 11 is 5.97. The lowest BCUT2D eigenvalue weighted by atomic mass is 10.1. The van der Waals surface area contributed by atoms with E-state index < -0.39 is 5.82 Å². The number of benzene rings is 2. The number of carbonyl (C=O) groups excluding carboxylic acids is 1. The van der Waals surface area contributed by atoms with Gasteiger partial charge in [0.2, 0.25) is 0 Å². The molecule has 0 spiro atoms. The lowest BCUT2D eigenvalue weighted by Gasteiger charge is -2.15. The fourth-order valence-corrected chi connectivity index (χ4v) is 3.78. The Morgan fingerprint density at radius 1 is 1.11 bits per heavy atom. The van der Waals surface area contributed by atoms with Crippen LogP contribution in [0.15, 0.2) is 77.9 Å². The van der Waals surface area contributed by atoms with Gasteiger partial charge in [-0.25, -0.2) is 4.39 Å². The van der Waals surface area contributed by atoms with Gasteiger partial charge in [0.15, 0.2) is 5.82 Å². The van der Waals surface area contributed by atoms with Crippen LogP contribution in [0.2, 0.25) is 5.02 Å². The predicted octanol–water partition coefficient (Wildman–Crippen LogP) is 3.71. The molecule has 0 unspecified atom stereocenters. The highest BCUT2D eigenvalue weighted by Crippen LogP contribution is 2.18. The van der Waals surface area contributed by atoms with E-state index >= 15 is 0 Å². The van der Waals surface area contributed by atoms with Crippen LogP contribution >= 0.6 is 11.6 Å². The average molecular weight is 510 g/mol. The molecule has 0 aliphatic rings. The fourth-order valence-electron chi connectivity index (χ4n) is 3.60. The maximum absolute atomic E-state index is 13.4. The number of nitrogens with two attached hydrogens (primary N) is 1. The van der Waals surface area contributed by atoms with Crippen molar-refractivity contribution < 1.29 is 13.9 Å². The summed E-state index contributed by atoms with van der Waals surface area (Å²) in [6.45, 7) is 2.76. The molecule has 10 heteroatoms. The second-order valence-electron chi connectivity index (χ2n) is 8.35. The molecule has 36 heavy (non-hydrogen) atoms. The molecule has 3 N–H and O–H groups in total. The van der Waals surface area contributed by atoms with Crippen molar-refractivity contribution in [3.63, 3.8) is 0 Å². The van der Waals surface area contributed by atoms with Crippen LogP contribution in [0.4, 0.5) is 10.2 Å². The highest BCUT2D eigenvalue weighted by Gasteiger charge is 2.16. The monoisotopic (exact) mass is 509 g/mol. The summed E-state index contributed by atoms with van der Waals surface area (Å²) in [5.41, 5.74) is 7.74. The van der Waals surface area contributed by atoms with Gasteiger partial charge in [-0.1, -0.05) is 41.9 Å². The molecule has 8 nitrogen and oxygen atoms in total. The molecule has 2 heterocycles. The number of hydrogen-bond acceptors (Lipinski definition) is 5. The van der Waals surface area contributed by atoms with Crippen LogP contribution in [0.25, 0.3) is 0 Å². The number of ether oxygens (including phenoxy) is 1. The first-order chi connectivity index (χ1) is 17.3. The second kappa shape index (κ2) is 11.1. The lowest BCUT2D eigenvalue weighted by Crippen LogP contribution is -2.33. The molecule has 0 bridgehead atoms. The van der Waals surface area contributed by atoms with Crippen LogP contribution < -0.4 is 21.3 Å². The van der Waals surface area contributed by atoms with E-state index in [2.05, 4.69) is 10.4 Å². The molecule has 2 aromatic heterocycles. The van der Waals surface area contributed by atoms with Crippen molar-refractivity contribution >= 4 is 23.3 Å². The number of nitrogen functional groups attached to an aromatic ring is 1. The third-order valence-electron chi connectivity index (χ3n) is 5.39. The van der Waals surface area contributed by atoms with E-state index in [1.165, 1.54) is 16.8 Å². The number of halogens is 2. The number of nitrogens with one attached hydrogen (secondary N) is 1. The summed E-state index contributed by atoms with van der Waals surface area (Å²) in [6.07, 6.45) is 2.48. The Labute approximate surface area is 212 Å². The maximum atomic E-state index is 13.4. The smallest absolute Gasteiger partial charge is 0.256 e. The molecule has 4 aromatic rings. The van der Waals surface area contributed by atoms with Crippen LogP contribution in [-0.2, 0) is 13.1 Å². The minimum Gasteiger partial charge on any atom is -0.489 e. The van der Waals surface area contributed by atoms with Crippen LogP contribution in [0, 0.1) is 5.82 Å². The molecular weight excluding hydrogens is 485 g/mol. The van der Waals surface area contributed by atoms with Gasteiger partial charge in [0.05, 0.1) is 19.6 Å². The average Bonchev–Trinajstić information content (AvgIpc) is 3.21. The molecule has 186 valence electrons. The van der Waals surface area contributed by atoms with Gasteiger partial charge >= 0.3 is 0 Å². The Morgan fingerprint density at radius 2 is 1.83 bits per heavy atom. The molecule has 0 saturated heterocycles. The van der Waals surface area contributed by atoms with Gasteiger partial charge in [0.25, 0.3) is 11.5 Å². The van der Waals surface area contributed by atoms with Crippen LogP contribution in [0.3, 0.4) is 0 Å². The fraction of sp³-hybridized carbons (Fsp3) is 0.192. The standard InChI is InChI=1S/C26H25ClFN5O3/c1-17(36-22-4-2-3-20(27)11-22)12-30-26(35)23-16-33(31-25(23)29)14-19-7-5-18(6-8-19)13-32-15-21(28)9-10-24(32)34/h2-11,15-17H,12-14H2,1H3,(H2,29,31)(H,30,35)/t17-/m0/s1. The van der Waals surface area contributed by atoms with E-state index in [1.54, 1.807) is 35.1 Å². The Kier molecular flexibility index (Phi) is 7.70. The quantitative estimate of drug-likeness (QED) is 0.358. The first-order valence-corrected chi connectivity index (χ1v) is 11.6. The molecule has 0 radical (unpaired) electrons. The topological polar surface area (TPSA) is 104 Å². The van der Waals surface area contributed by atoms with E-state index in [0.717, 1.165) is 17.2 Å². The summed E-state index contributed by atoms with van der Waals surface area (Å²) in [4.78, 5) is 24.5. The highest BCUT2D eigenvalue weighted by molar-refractivity contribution is 6.30. The second-order valence-corrected chi connectivity index (χ2v) is 8.79. The molecule has 1 atom stereocenters. The van der Waals surface area contributed by atoms with Crippen molar-refractivity contribution in [1.82, 2.24) is 19.7 Å². The molecular formula is C26H25ClFN5O3. The Balaban J connectivity index is 1.33. The van der Waals surface area contributed by atoms with Gasteiger partial charge in [-0.3, -0.25) is 14.3 Å². The molecule has 0 fully saturated rings. The van der Waals surface area contributed by atoms with E-state index in [9.17, 15) is 14.0 Å². The zero-order valence-electron chi connectivity index (χ0n) is 19.5. The van der Waals surface area contributed by atoms with Crippen molar-refractivity contribution in [3.05, 3.63) is 111 Å². The number of hydrogen-bond donors (Lipinski definition) is 2. The van der Waals surface area contributed by atoms with E-state index in [1.807, 2.05) is 31.2 Å². The first-order valence-electron chi connectivity index (χ1n) is 11.2. The third-order valence-corrected chi connectivity index (χ3v) is 5.62. The van der Waals surface area contributed by atoms with E-state index in [-0.39, 0.29) is 42.0 Å². The number of anilines is 1. The zero-order chi connectivity index (χ0) is 25.7. The summed E-state index contributed by atoms with van der Waals surface area (Å²) in [5.74, 6) is -0.0785. The molecule has 0 aliphatic heterocycles. The number of nitrogens with zero attached hydrogens (tertiary/aromatic N) is 3. The Morgan fingerprint density at radius 3 is 2.56 bits per heavy atom. The lowest BCUT2D eigenvalue weighted by molar-refractivity contribution is 0.0933. The van der Waals surface area contributed by atoms with Crippen LogP contribution in [-0.4, -0.2) is 32.9 Å². The predicted molar refractivity (Wildman–Crippen MR) is 136 cm³/mol. The van der Waals surface area contributed by atoms with Crippen molar-refractivity contribution in [2.45, 2.75) is 26.1 Å². The number of rotatable bonds is 9. The Hall–Kier alpha value is -4.11. The molecule has 4 rings (SSSR count). The minimum absolute atomic E-state index is 0.123. The first kappa shape index (κ1) is 25.0. The summed E-state index contributed by atoms with van der Waals surface area (Å²) in [7, 11) is 0. The number of pyridine rings is 1. The van der Waals surface area contributed by atoms with Gasteiger partial charge < -0.3 is 20.4 Å². The van der Waals surface area contributed by atoms with Gasteiger partial charge in [-0.15, -0.1) is 0 Å². The SMILES string of the molecule is C[C@@H](CNC(=O)c1cn(Cc2ccc(Cn3cc(F)ccc3=O)cc2)nc1N)Oc1cccc(Cl)c1. The number of aromatic nitrogens is 3. The van der Waals surface area contributed by atoms with Gasteiger partial charge in [0, 0.05) is 23.5 Å². The normalized spacial score (nSPS) is 11.8. The van der Waals surface area contributed by atoms with Crippen molar-refractivity contribution in [1.29, 1.82) is 0 Å². The molecule has 1 amide bonds. The highest BCUT2D eigenvalue weighted by atomic mass is 35.5. The van der Waals surface area contributed by atoms with Crippen molar-refractivity contribution in [2.24, 2.45) is 0 Å². The number of amides is 1. The summed E-state index contributed by atoms with van der Waals surface area (Å²) in [6, 6.07) is 16.9. The summed E-state index contributed by atoms with van der Waals surface area (Å²) < 4.78 is 22.1. The number of carbonyl (C=O) groups is 1. The molecule has 2 aromatic carbocycles. The van der Waals surface area contributed by atoms with E-state index in [4.69, 9.17) is 22.1 Å². The third kappa shape index (κ3) is 6.51. The van der Waals surface area contributed by atoms with Gasteiger partial charge in [-0.05, 0) is 42.3 Å². The maximum Gasteiger partial charge on any atom is 0.256 e. The molecule has 0 saturated carbocycles. The molecule has 0 aliphatic carbocycles. The van der Waals surface area contributed by atoms with Crippen LogP contribution in [0.1, 0.15) is 28.4 Å². The summed E-state index contributed by atoms with van der Waals surface area (Å²) in [5, 5.41) is 7.62. The van der Waals surface area contributed by atoms with Gasteiger partial charge in [-0.2, -0.15) is 5.10 Å².